The van der Waals surface area contributed by atoms with Crippen LogP contribution in [-0.2, 0) is 11.2 Å². The molecule has 0 aliphatic rings. The van der Waals surface area contributed by atoms with Gasteiger partial charge in [0, 0.05) is 18.5 Å². The molecule has 0 atom stereocenters. The van der Waals surface area contributed by atoms with Crippen LogP contribution in [0.1, 0.15) is 37.7 Å². The van der Waals surface area contributed by atoms with E-state index in [1.165, 1.54) is 31.2 Å². The Kier molecular flexibility index (Phi) is 9.15. The SMILES string of the molecule is BrCCCCCCOCCCc1ccsc1. The molecule has 0 aromatic carbocycles. The minimum absolute atomic E-state index is 0.911. The number of hydrogen-bond donors (Lipinski definition) is 0. The third-order valence-electron chi connectivity index (χ3n) is 2.51. The van der Waals surface area contributed by atoms with Crippen LogP contribution in [0.5, 0.6) is 0 Å². The molecule has 0 radical (unpaired) electrons. The lowest BCUT2D eigenvalue weighted by molar-refractivity contribution is 0.128. The molecule has 1 nitrogen and oxygen atoms in total. The van der Waals surface area contributed by atoms with Crippen molar-refractivity contribution in [1.82, 2.24) is 0 Å². The Labute approximate surface area is 111 Å². The highest BCUT2D eigenvalue weighted by molar-refractivity contribution is 9.09. The maximum Gasteiger partial charge on any atom is 0.0469 e. The van der Waals surface area contributed by atoms with E-state index in [1.807, 2.05) is 0 Å². The number of thiophene rings is 1. The van der Waals surface area contributed by atoms with Crippen LogP contribution >= 0.6 is 27.3 Å². The van der Waals surface area contributed by atoms with E-state index in [2.05, 4.69) is 32.8 Å². The van der Waals surface area contributed by atoms with Gasteiger partial charge in [0.25, 0.3) is 0 Å². The highest BCUT2D eigenvalue weighted by Gasteiger charge is 1.94. The molecule has 0 unspecified atom stereocenters. The van der Waals surface area contributed by atoms with E-state index in [9.17, 15) is 0 Å². The summed E-state index contributed by atoms with van der Waals surface area (Å²) in [5.74, 6) is 0. The summed E-state index contributed by atoms with van der Waals surface area (Å²) in [7, 11) is 0. The van der Waals surface area contributed by atoms with Gasteiger partial charge in [0.2, 0.25) is 0 Å². The van der Waals surface area contributed by atoms with Crippen molar-refractivity contribution in [2.75, 3.05) is 18.5 Å². The summed E-state index contributed by atoms with van der Waals surface area (Å²) in [4.78, 5) is 0. The number of hydrogen-bond acceptors (Lipinski definition) is 2. The molecule has 16 heavy (non-hydrogen) atoms. The predicted molar refractivity (Wildman–Crippen MR) is 75.7 cm³/mol. The smallest absolute Gasteiger partial charge is 0.0469 e. The molecule has 3 heteroatoms. The molecule has 0 N–H and O–H groups in total. The molecule has 0 fully saturated rings. The number of ether oxygens (including phenoxy) is 1. The molecule has 1 aromatic rings. The monoisotopic (exact) mass is 304 g/mol. The van der Waals surface area contributed by atoms with Crippen molar-refractivity contribution in [2.45, 2.75) is 38.5 Å². The quantitative estimate of drug-likeness (QED) is 0.451. The second-order valence-corrected chi connectivity index (χ2v) is 5.52. The van der Waals surface area contributed by atoms with E-state index >= 15 is 0 Å². The fourth-order valence-corrected chi connectivity index (χ4v) is 2.67. The minimum Gasteiger partial charge on any atom is -0.381 e. The van der Waals surface area contributed by atoms with Gasteiger partial charge in [-0.05, 0) is 48.1 Å². The number of rotatable bonds is 10. The predicted octanol–water partition coefficient (Wildman–Crippen LogP) is 4.65. The average Bonchev–Trinajstić information content (AvgIpc) is 2.80. The number of unbranched alkanes of at least 4 members (excludes halogenated alkanes) is 3. The number of aryl methyl sites for hydroxylation is 1. The first-order valence-electron chi connectivity index (χ1n) is 6.08. The average molecular weight is 305 g/mol. The number of alkyl halides is 1. The highest BCUT2D eigenvalue weighted by atomic mass is 79.9. The summed E-state index contributed by atoms with van der Waals surface area (Å²) in [6.45, 7) is 1.85. The van der Waals surface area contributed by atoms with Crippen LogP contribution in [0.2, 0.25) is 0 Å². The summed E-state index contributed by atoms with van der Waals surface area (Å²) < 4.78 is 5.60. The van der Waals surface area contributed by atoms with Crippen molar-refractivity contribution < 1.29 is 4.74 Å². The zero-order valence-electron chi connectivity index (χ0n) is 9.79. The van der Waals surface area contributed by atoms with Gasteiger partial charge in [0.1, 0.15) is 0 Å². The van der Waals surface area contributed by atoms with Crippen molar-refractivity contribution in [3.8, 4) is 0 Å². The van der Waals surface area contributed by atoms with E-state index in [0.717, 1.165) is 31.4 Å². The molecule has 0 bridgehead atoms. The Morgan fingerprint density at radius 2 is 1.88 bits per heavy atom. The molecule has 1 heterocycles. The molecule has 0 amide bonds. The summed E-state index contributed by atoms with van der Waals surface area (Å²) in [6.07, 6.45) is 7.44. The van der Waals surface area contributed by atoms with Crippen LogP contribution in [0.4, 0.5) is 0 Å². The van der Waals surface area contributed by atoms with Crippen LogP contribution in [0, 0.1) is 0 Å². The lowest BCUT2D eigenvalue weighted by Crippen LogP contribution is -1.98. The molecule has 0 saturated heterocycles. The summed E-state index contributed by atoms with van der Waals surface area (Å²) in [6, 6.07) is 2.20. The Balaban J connectivity index is 1.78. The normalized spacial score (nSPS) is 10.8. The zero-order chi connectivity index (χ0) is 11.5. The van der Waals surface area contributed by atoms with Crippen molar-refractivity contribution in [2.24, 2.45) is 0 Å². The Bertz CT molecular complexity index is 236. The van der Waals surface area contributed by atoms with E-state index in [4.69, 9.17) is 4.74 Å². The van der Waals surface area contributed by atoms with Crippen LogP contribution < -0.4 is 0 Å². The Hall–Kier alpha value is 0.140. The summed E-state index contributed by atoms with van der Waals surface area (Å²) in [5, 5.41) is 5.49. The third-order valence-corrected chi connectivity index (χ3v) is 3.80. The van der Waals surface area contributed by atoms with Gasteiger partial charge in [-0.25, -0.2) is 0 Å². The fraction of sp³-hybridized carbons (Fsp3) is 0.692. The molecule has 0 spiro atoms. The maximum absolute atomic E-state index is 5.60. The van der Waals surface area contributed by atoms with Crippen LogP contribution in [0.3, 0.4) is 0 Å². The molecular weight excluding hydrogens is 284 g/mol. The molecule has 92 valence electrons. The lowest BCUT2D eigenvalue weighted by atomic mass is 10.2. The molecule has 0 saturated carbocycles. The first kappa shape index (κ1) is 14.2. The van der Waals surface area contributed by atoms with Crippen molar-refractivity contribution in [3.05, 3.63) is 22.4 Å². The summed E-state index contributed by atoms with van der Waals surface area (Å²) >= 11 is 5.22. The van der Waals surface area contributed by atoms with E-state index in [1.54, 1.807) is 11.3 Å². The first-order chi connectivity index (χ1) is 7.93. The Morgan fingerprint density at radius 3 is 2.62 bits per heavy atom. The molecule has 1 rings (SSSR count). The van der Waals surface area contributed by atoms with Gasteiger partial charge in [-0.1, -0.05) is 28.8 Å². The molecular formula is C13H21BrOS. The molecule has 0 aliphatic carbocycles. The van der Waals surface area contributed by atoms with Gasteiger partial charge in [0.15, 0.2) is 0 Å². The Morgan fingerprint density at radius 1 is 1.06 bits per heavy atom. The number of halogens is 1. The van der Waals surface area contributed by atoms with Crippen LogP contribution in [0.15, 0.2) is 16.8 Å². The van der Waals surface area contributed by atoms with E-state index < -0.39 is 0 Å². The molecule has 0 aliphatic heterocycles. The van der Waals surface area contributed by atoms with Crippen LogP contribution in [-0.4, -0.2) is 18.5 Å². The van der Waals surface area contributed by atoms with Crippen molar-refractivity contribution in [1.29, 1.82) is 0 Å². The summed E-state index contributed by atoms with van der Waals surface area (Å²) in [5.41, 5.74) is 1.45. The zero-order valence-corrected chi connectivity index (χ0v) is 12.2. The minimum atomic E-state index is 0.911. The topological polar surface area (TPSA) is 9.23 Å². The second-order valence-electron chi connectivity index (χ2n) is 3.95. The van der Waals surface area contributed by atoms with Crippen LogP contribution in [0.25, 0.3) is 0 Å². The largest absolute Gasteiger partial charge is 0.381 e. The first-order valence-corrected chi connectivity index (χ1v) is 8.14. The highest BCUT2D eigenvalue weighted by Crippen LogP contribution is 2.08. The molecule has 1 aromatic heterocycles. The van der Waals surface area contributed by atoms with Gasteiger partial charge < -0.3 is 4.74 Å². The standard InChI is InChI=1S/C13H21BrOS/c14-8-3-1-2-4-9-15-10-5-6-13-7-11-16-12-13/h7,11-12H,1-6,8-10H2. The van der Waals surface area contributed by atoms with E-state index in [-0.39, 0.29) is 0 Å². The van der Waals surface area contributed by atoms with Crippen molar-refractivity contribution in [3.63, 3.8) is 0 Å². The van der Waals surface area contributed by atoms with Gasteiger partial charge in [-0.15, -0.1) is 0 Å². The maximum atomic E-state index is 5.60. The van der Waals surface area contributed by atoms with Gasteiger partial charge in [-0.2, -0.15) is 11.3 Å². The fourth-order valence-electron chi connectivity index (χ4n) is 1.57. The lowest BCUT2D eigenvalue weighted by Gasteiger charge is -2.03. The second kappa shape index (κ2) is 10.3. The van der Waals surface area contributed by atoms with Gasteiger partial charge in [-0.3, -0.25) is 0 Å². The third kappa shape index (κ3) is 7.42. The van der Waals surface area contributed by atoms with E-state index in [0.29, 0.717) is 0 Å². The van der Waals surface area contributed by atoms with Crippen molar-refractivity contribution >= 4 is 27.3 Å². The van der Waals surface area contributed by atoms with Gasteiger partial charge >= 0.3 is 0 Å². The van der Waals surface area contributed by atoms with Gasteiger partial charge in [0.05, 0.1) is 0 Å².